The summed E-state index contributed by atoms with van der Waals surface area (Å²) in [5, 5.41) is 10.5. The number of hydrogen-bond donors (Lipinski definition) is 3. The molecule has 1 aromatic rings. The number of rotatable bonds is 7. The van der Waals surface area contributed by atoms with Gasteiger partial charge >= 0.3 is 5.97 Å². The van der Waals surface area contributed by atoms with Gasteiger partial charge in [-0.2, -0.15) is 0 Å². The molecule has 4 N–H and O–H groups in total. The van der Waals surface area contributed by atoms with Crippen LogP contribution >= 0.6 is 0 Å². The molecule has 1 aromatic carbocycles. The molecular weight excluding hydrogens is 254 g/mol. The van der Waals surface area contributed by atoms with Crippen LogP contribution in [-0.2, 0) is 4.74 Å². The Hall–Kier alpha value is -2.48. The summed E-state index contributed by atoms with van der Waals surface area (Å²) in [4.78, 5) is 12.0. The lowest BCUT2D eigenvalue weighted by Gasteiger charge is -2.11. The largest absolute Gasteiger partial charge is 0.462 e. The van der Waals surface area contributed by atoms with E-state index in [4.69, 9.17) is 22.3 Å². The van der Waals surface area contributed by atoms with Crippen molar-refractivity contribution in [2.24, 2.45) is 5.73 Å². The van der Waals surface area contributed by atoms with Crippen LogP contribution in [0.15, 0.2) is 18.2 Å². The number of nitrogens with one attached hydrogen (secondary N) is 2. The molecule has 0 aromatic heterocycles. The summed E-state index contributed by atoms with van der Waals surface area (Å²) in [5.41, 5.74) is 6.80. The highest BCUT2D eigenvalue weighted by atomic mass is 16.5. The molecule has 0 amide bonds. The first-order valence-corrected chi connectivity index (χ1v) is 6.43. The monoisotopic (exact) mass is 273 g/mol. The van der Waals surface area contributed by atoms with Gasteiger partial charge in [-0.05, 0) is 24.6 Å². The molecule has 0 fully saturated rings. The summed E-state index contributed by atoms with van der Waals surface area (Å²) in [6, 6.07) is 4.93. The first-order valence-electron chi connectivity index (χ1n) is 6.43. The topological polar surface area (TPSA) is 88.2 Å². The number of unbranched alkanes of at least 4 members (excludes halogenated alkanes) is 1. The van der Waals surface area contributed by atoms with Crippen molar-refractivity contribution in [1.82, 2.24) is 0 Å². The summed E-state index contributed by atoms with van der Waals surface area (Å²) in [6.07, 6.45) is 6.92. The molecule has 0 saturated heterocycles. The van der Waals surface area contributed by atoms with Crippen molar-refractivity contribution >= 4 is 17.5 Å². The van der Waals surface area contributed by atoms with Crippen LogP contribution < -0.4 is 11.1 Å². The van der Waals surface area contributed by atoms with Crippen molar-refractivity contribution in [3.63, 3.8) is 0 Å². The molecule has 0 bridgehead atoms. The van der Waals surface area contributed by atoms with Crippen molar-refractivity contribution in [3.05, 3.63) is 29.3 Å². The van der Waals surface area contributed by atoms with Crippen LogP contribution in [0.25, 0.3) is 0 Å². The van der Waals surface area contributed by atoms with Gasteiger partial charge in [-0.3, -0.25) is 5.41 Å². The molecule has 5 nitrogen and oxygen atoms in total. The minimum Gasteiger partial charge on any atom is -0.462 e. The predicted octanol–water partition coefficient (Wildman–Crippen LogP) is 1.97. The average molecular weight is 273 g/mol. The van der Waals surface area contributed by atoms with Crippen molar-refractivity contribution in [3.8, 4) is 12.3 Å². The Bertz CT molecular complexity index is 532. The summed E-state index contributed by atoms with van der Waals surface area (Å²) in [5.74, 6) is 1.80. The molecule has 0 unspecified atom stereocenters. The number of amidine groups is 1. The Kier molecular flexibility index (Phi) is 6.11. The molecule has 0 saturated carbocycles. The predicted molar refractivity (Wildman–Crippen MR) is 80.0 cm³/mol. The zero-order chi connectivity index (χ0) is 15.0. The molecule has 0 radical (unpaired) electrons. The second kappa shape index (κ2) is 7.85. The van der Waals surface area contributed by atoms with Crippen LogP contribution in [0.2, 0.25) is 0 Å². The van der Waals surface area contributed by atoms with Crippen LogP contribution in [-0.4, -0.2) is 25.0 Å². The number of hydrogen-bond acceptors (Lipinski definition) is 4. The molecule has 20 heavy (non-hydrogen) atoms. The highest BCUT2D eigenvalue weighted by Crippen LogP contribution is 2.17. The van der Waals surface area contributed by atoms with Crippen molar-refractivity contribution in [2.45, 2.75) is 19.8 Å². The van der Waals surface area contributed by atoms with Crippen LogP contribution in [0.4, 0.5) is 5.69 Å². The van der Waals surface area contributed by atoms with Crippen LogP contribution in [0, 0.1) is 17.8 Å². The summed E-state index contributed by atoms with van der Waals surface area (Å²) in [6.45, 7) is 2.72. The van der Waals surface area contributed by atoms with Gasteiger partial charge in [0.1, 0.15) is 5.84 Å². The molecule has 0 spiro atoms. The summed E-state index contributed by atoms with van der Waals surface area (Å²) < 4.78 is 5.16. The van der Waals surface area contributed by atoms with Crippen molar-refractivity contribution in [1.29, 1.82) is 5.41 Å². The van der Waals surface area contributed by atoms with Gasteiger partial charge in [0, 0.05) is 11.3 Å². The van der Waals surface area contributed by atoms with Crippen molar-refractivity contribution < 1.29 is 9.53 Å². The lowest BCUT2D eigenvalue weighted by atomic mass is 10.1. The van der Waals surface area contributed by atoms with Gasteiger partial charge in [0.05, 0.1) is 18.7 Å². The summed E-state index contributed by atoms with van der Waals surface area (Å²) in [7, 11) is 0. The molecule has 0 aliphatic rings. The Morgan fingerprint density at radius 3 is 2.85 bits per heavy atom. The fraction of sp³-hybridized carbons (Fsp3) is 0.333. The quantitative estimate of drug-likeness (QED) is 0.233. The molecule has 0 atom stereocenters. The molecule has 1 rings (SSSR count). The Balaban J connectivity index is 2.96. The van der Waals surface area contributed by atoms with E-state index in [9.17, 15) is 4.79 Å². The van der Waals surface area contributed by atoms with Gasteiger partial charge in [-0.15, -0.1) is 6.42 Å². The Morgan fingerprint density at radius 2 is 2.25 bits per heavy atom. The van der Waals surface area contributed by atoms with E-state index in [0.29, 0.717) is 24.4 Å². The average Bonchev–Trinajstić information content (AvgIpc) is 2.44. The smallest absolute Gasteiger partial charge is 0.338 e. The number of benzene rings is 1. The number of terminal acetylenes is 1. The van der Waals surface area contributed by atoms with E-state index in [2.05, 4.69) is 11.2 Å². The lowest BCUT2D eigenvalue weighted by molar-refractivity contribution is 0.0499. The molecular formula is C15H19N3O2. The first-order chi connectivity index (χ1) is 9.60. The van der Waals surface area contributed by atoms with E-state index in [1.54, 1.807) is 18.2 Å². The second-order valence-electron chi connectivity index (χ2n) is 4.22. The maximum atomic E-state index is 12.0. The number of anilines is 1. The molecule has 0 aliphatic carbocycles. The van der Waals surface area contributed by atoms with Gasteiger partial charge in [-0.1, -0.05) is 19.3 Å². The molecule has 106 valence electrons. The van der Waals surface area contributed by atoms with Gasteiger partial charge in [0.25, 0.3) is 0 Å². The fourth-order valence-electron chi connectivity index (χ4n) is 1.60. The van der Waals surface area contributed by atoms with Crippen LogP contribution in [0.5, 0.6) is 0 Å². The summed E-state index contributed by atoms with van der Waals surface area (Å²) >= 11 is 0. The number of carbonyl (C=O) groups is 1. The standard InChI is InChI=1S/C15H19N3O2/c1-3-5-9-20-15(19)13-10-11(18-8-4-2)6-7-12(13)14(16)17/h2,6-7,10,18H,3,5,8-9H2,1H3,(H3,16,17). The lowest BCUT2D eigenvalue weighted by Crippen LogP contribution is -2.18. The minimum atomic E-state index is -0.479. The normalized spacial score (nSPS) is 9.60. The number of ether oxygens (including phenoxy) is 1. The highest BCUT2D eigenvalue weighted by molar-refractivity contribution is 6.06. The third-order valence-corrected chi connectivity index (χ3v) is 2.66. The van der Waals surface area contributed by atoms with Gasteiger partial charge in [0.2, 0.25) is 0 Å². The van der Waals surface area contributed by atoms with E-state index in [1.807, 2.05) is 6.92 Å². The van der Waals surface area contributed by atoms with Crippen LogP contribution in [0.3, 0.4) is 0 Å². The fourth-order valence-corrected chi connectivity index (χ4v) is 1.60. The van der Waals surface area contributed by atoms with E-state index in [0.717, 1.165) is 12.8 Å². The number of nitrogens with two attached hydrogens (primary N) is 1. The van der Waals surface area contributed by atoms with E-state index in [-0.39, 0.29) is 11.4 Å². The third-order valence-electron chi connectivity index (χ3n) is 2.66. The van der Waals surface area contributed by atoms with Gasteiger partial charge < -0.3 is 15.8 Å². The van der Waals surface area contributed by atoms with Gasteiger partial charge in [0.15, 0.2) is 0 Å². The maximum Gasteiger partial charge on any atom is 0.338 e. The Morgan fingerprint density at radius 1 is 1.50 bits per heavy atom. The van der Waals surface area contributed by atoms with Crippen LogP contribution in [0.1, 0.15) is 35.7 Å². The van der Waals surface area contributed by atoms with Crippen molar-refractivity contribution in [2.75, 3.05) is 18.5 Å². The van der Waals surface area contributed by atoms with E-state index in [1.165, 1.54) is 0 Å². The third kappa shape index (κ3) is 4.32. The van der Waals surface area contributed by atoms with E-state index < -0.39 is 5.97 Å². The minimum absolute atomic E-state index is 0.170. The molecule has 5 heteroatoms. The molecule has 0 heterocycles. The first kappa shape index (κ1) is 15.6. The number of nitrogen functional groups attached to an aromatic ring is 1. The zero-order valence-electron chi connectivity index (χ0n) is 11.5. The second-order valence-corrected chi connectivity index (χ2v) is 4.22. The number of esters is 1. The van der Waals surface area contributed by atoms with Gasteiger partial charge in [-0.25, -0.2) is 4.79 Å². The number of carbonyl (C=O) groups excluding carboxylic acids is 1. The highest BCUT2D eigenvalue weighted by Gasteiger charge is 2.15. The zero-order valence-corrected chi connectivity index (χ0v) is 11.5. The Labute approximate surface area is 119 Å². The maximum absolute atomic E-state index is 12.0. The molecule has 0 aliphatic heterocycles. The SMILES string of the molecule is C#CCNc1ccc(C(=N)N)c(C(=O)OCCCC)c1. The van der Waals surface area contributed by atoms with E-state index >= 15 is 0 Å².